The predicted molar refractivity (Wildman–Crippen MR) is 266 cm³/mol. The average molecular weight is 976 g/mol. The lowest BCUT2D eigenvalue weighted by Gasteiger charge is -2.70. The largest absolute Gasteiger partial charge is 0.508 e. The van der Waals surface area contributed by atoms with Crippen LogP contribution in [0.1, 0.15) is 116 Å². The Labute approximate surface area is 417 Å². The number of fused-ring (bicyclic) bond motifs is 17. The number of ketones is 1. The number of hydrogen-bond acceptors (Lipinski definition) is 12. The molecular weight excluding hydrogens is 899 g/mol. The van der Waals surface area contributed by atoms with Gasteiger partial charge in [0.1, 0.15) is 22.7 Å². The highest BCUT2D eigenvalue weighted by atomic mass is 16.6. The number of likely N-dealkylation sites (N-methyl/N-ethyl adjacent to an activating group) is 1. The molecule has 5 saturated carbocycles. The summed E-state index contributed by atoms with van der Waals surface area (Å²) in [6, 6.07) is 11.4. The number of carbonyl (C=O) groups is 1. The van der Waals surface area contributed by atoms with Gasteiger partial charge in [-0.05, 0) is 144 Å². The van der Waals surface area contributed by atoms with Gasteiger partial charge in [0, 0.05) is 74.4 Å². The summed E-state index contributed by atoms with van der Waals surface area (Å²) in [6.07, 6.45) is 10.9. The maximum atomic E-state index is 15.9. The quantitative estimate of drug-likeness (QED) is 0.126. The molecular formula is C59H77NO11. The van der Waals surface area contributed by atoms with Crippen molar-refractivity contribution in [2.24, 2.45) is 63.1 Å². The number of carbonyl (C=O) groups excluding carboxylic acids is 1. The molecule has 6 fully saturated rings. The summed E-state index contributed by atoms with van der Waals surface area (Å²) >= 11 is 0. The van der Waals surface area contributed by atoms with E-state index in [1.807, 2.05) is 0 Å². The Morgan fingerprint density at radius 1 is 0.930 bits per heavy atom. The van der Waals surface area contributed by atoms with E-state index in [1.54, 1.807) is 12.1 Å². The van der Waals surface area contributed by atoms with E-state index in [9.17, 15) is 40.9 Å². The van der Waals surface area contributed by atoms with E-state index in [0.717, 1.165) is 36.6 Å². The second kappa shape index (κ2) is 16.0. The first-order chi connectivity index (χ1) is 33.7. The van der Waals surface area contributed by atoms with E-state index in [4.69, 9.17) is 9.47 Å². The van der Waals surface area contributed by atoms with E-state index < -0.39 is 80.6 Å². The van der Waals surface area contributed by atoms with Crippen molar-refractivity contribution in [3.05, 3.63) is 81.3 Å². The molecule has 11 aliphatic rings. The number of rotatable bonds is 9. The van der Waals surface area contributed by atoms with E-state index in [0.29, 0.717) is 48.9 Å². The molecule has 12 nitrogen and oxygen atoms in total. The van der Waals surface area contributed by atoms with E-state index >= 15 is 4.79 Å². The zero-order chi connectivity index (χ0) is 50.1. The zero-order valence-corrected chi connectivity index (χ0v) is 42.2. The second-order valence-electron chi connectivity index (χ2n) is 25.3. The van der Waals surface area contributed by atoms with Gasteiger partial charge in [0.25, 0.3) is 0 Å². The van der Waals surface area contributed by atoms with Gasteiger partial charge in [0.2, 0.25) is 0 Å². The van der Waals surface area contributed by atoms with Crippen molar-refractivity contribution in [3.63, 3.8) is 0 Å². The number of aliphatic hydroxyl groups excluding tert-OH is 3. The van der Waals surface area contributed by atoms with Crippen LogP contribution in [0.15, 0.2) is 59.7 Å². The van der Waals surface area contributed by atoms with Gasteiger partial charge in [-0.25, -0.2) is 0 Å². The summed E-state index contributed by atoms with van der Waals surface area (Å²) in [6.45, 7) is 11.6. The van der Waals surface area contributed by atoms with Crippen LogP contribution in [-0.4, -0.2) is 120 Å². The Hall–Kier alpha value is -3.43. The fourth-order valence-electron chi connectivity index (χ4n) is 19.7. The molecule has 0 amide bonds. The van der Waals surface area contributed by atoms with Crippen LogP contribution in [0.25, 0.3) is 12.2 Å². The first-order valence-electron chi connectivity index (χ1n) is 27.1. The third-order valence-electron chi connectivity index (χ3n) is 22.4. The van der Waals surface area contributed by atoms with Crippen LogP contribution < -0.4 is 15.8 Å². The lowest BCUT2D eigenvalue weighted by atomic mass is 9.35. The van der Waals surface area contributed by atoms with Crippen molar-refractivity contribution in [1.29, 1.82) is 0 Å². The minimum atomic E-state index is -1.81. The fourth-order valence-corrected chi connectivity index (χ4v) is 19.7. The standard InChI is InChI=1S/C59H77NO11/c1-6-60-30-36-27-52(3)15-14-40(36)59(51(66)32(52)2)57(68,18-20-62)50-45(71-59)28-58(69)42-26-44(65)48-47-39-24-37(63)25-43(64)38(39)13-17-56(47,67)46(70-21-9-19-61)29-53(48,4)49(42)55(31-54(50,58)5)16-12-35-22-33-10-7-8-11-34(33)23-41(35)55/h7-8,10-11,22-27,32,35,40-41,45-51,60-64,66-69H,6,9,12-21,28-31H2,1-5H3/t32-,35-,40+,41+,45+,46+,47+,48-,49+,50+,51+,52-,53+,54-,55+,56+,57-,58-,59+/m1/s1. The van der Waals surface area contributed by atoms with Crippen LogP contribution in [0.2, 0.25) is 0 Å². The lowest BCUT2D eigenvalue weighted by molar-refractivity contribution is -0.256. The monoisotopic (exact) mass is 976 g/mol. The highest BCUT2D eigenvalue weighted by Gasteiger charge is 2.85. The van der Waals surface area contributed by atoms with Crippen molar-refractivity contribution >= 4 is 17.9 Å². The Bertz CT molecular complexity index is 2740. The van der Waals surface area contributed by atoms with Gasteiger partial charge in [-0.1, -0.05) is 82.7 Å². The normalized spacial score (nSPS) is 48.4. The molecule has 0 radical (unpaired) electrons. The minimum Gasteiger partial charge on any atom is -0.508 e. The number of nitrogens with one attached hydrogen (secondary N) is 1. The summed E-state index contributed by atoms with van der Waals surface area (Å²) in [5.74, 6) is -3.99. The van der Waals surface area contributed by atoms with Gasteiger partial charge in [-0.3, -0.25) is 4.79 Å². The number of hydrogen-bond donors (Lipinski definition) is 9. The van der Waals surface area contributed by atoms with Crippen molar-refractivity contribution in [2.75, 3.05) is 32.9 Å². The van der Waals surface area contributed by atoms with Crippen LogP contribution in [0.4, 0.5) is 0 Å². The average Bonchev–Trinajstić information content (AvgIpc) is 3.85. The SMILES string of the molecule is CCNCC1=C[C@@]2(C)CC[C@@H]1[C@]1(O[C@H]3C[C@@]4(O)C5=CC(=O)[C@@H]6[C@@H]7c8cc(O)cc(O)c8CC[C@]7(O)[C@@H](OCCCO)C[C@]6(C)[C@H]5[C@@]5(CC[C@@H]6C=c7ccccc7=C[C@@H]65)C[C@]4(C)[C@H]3[C@]1(O)CCO)[C@@H](O)[C@H]2C. The van der Waals surface area contributed by atoms with Crippen molar-refractivity contribution < 1.29 is 55.1 Å². The van der Waals surface area contributed by atoms with Crippen LogP contribution >= 0.6 is 0 Å². The molecule has 1 heterocycles. The molecule has 12 heteroatoms. The summed E-state index contributed by atoms with van der Waals surface area (Å²) in [5.41, 5.74) is -6.80. The van der Waals surface area contributed by atoms with Crippen LogP contribution in [0.5, 0.6) is 11.5 Å². The third-order valence-corrected chi connectivity index (χ3v) is 22.4. The molecule has 1 saturated heterocycles. The number of ether oxygens (including phenoxy) is 2. The summed E-state index contributed by atoms with van der Waals surface area (Å²) in [4.78, 5) is 15.9. The Balaban J connectivity index is 1.08. The minimum absolute atomic E-state index is 0.0610. The number of aliphatic hydroxyl groups is 6. The number of phenols is 2. The molecule has 2 bridgehead atoms. The number of benzene rings is 2. The van der Waals surface area contributed by atoms with Gasteiger partial charge in [-0.2, -0.15) is 0 Å². The smallest absolute Gasteiger partial charge is 0.160 e. The van der Waals surface area contributed by atoms with Crippen LogP contribution in [0, 0.1) is 63.1 Å². The lowest BCUT2D eigenvalue weighted by Crippen LogP contribution is -2.73. The van der Waals surface area contributed by atoms with Gasteiger partial charge in [-0.15, -0.1) is 0 Å². The molecule has 0 aromatic heterocycles. The van der Waals surface area contributed by atoms with Gasteiger partial charge in [0.05, 0.1) is 29.5 Å². The molecule has 2 aromatic carbocycles. The fraction of sp³-hybridized carbons (Fsp3) is 0.678. The molecule has 9 N–H and O–H groups in total. The van der Waals surface area contributed by atoms with Crippen molar-refractivity contribution in [1.82, 2.24) is 5.32 Å². The molecule has 1 aliphatic heterocycles. The molecule has 2 spiro atoms. The molecule has 2 aromatic rings. The summed E-state index contributed by atoms with van der Waals surface area (Å²) < 4.78 is 14.4. The molecule has 0 unspecified atom stereocenters. The predicted octanol–water partition coefficient (Wildman–Crippen LogP) is 4.44. The van der Waals surface area contributed by atoms with Gasteiger partial charge < -0.3 is 55.6 Å². The van der Waals surface area contributed by atoms with E-state index in [2.05, 4.69) is 82.4 Å². The van der Waals surface area contributed by atoms with Crippen LogP contribution in [-0.2, 0) is 20.7 Å². The molecule has 10 aliphatic carbocycles. The topological polar surface area (TPSA) is 209 Å². The van der Waals surface area contributed by atoms with Crippen molar-refractivity contribution in [3.8, 4) is 11.5 Å². The highest BCUT2D eigenvalue weighted by molar-refractivity contribution is 5.96. The molecule has 71 heavy (non-hydrogen) atoms. The van der Waals surface area contributed by atoms with Gasteiger partial charge in [0.15, 0.2) is 5.78 Å². The molecule has 13 rings (SSSR count). The Morgan fingerprint density at radius 3 is 2.42 bits per heavy atom. The molecule has 384 valence electrons. The van der Waals surface area contributed by atoms with E-state index in [1.165, 1.54) is 11.3 Å². The second-order valence-corrected chi connectivity index (χ2v) is 25.3. The number of aromatic hydroxyl groups is 2. The summed E-state index contributed by atoms with van der Waals surface area (Å²) in [5, 5.41) is 105. The highest BCUT2D eigenvalue weighted by Crippen LogP contribution is 2.81. The van der Waals surface area contributed by atoms with E-state index in [-0.39, 0.29) is 91.9 Å². The first kappa shape index (κ1) is 48.5. The number of allylic oxidation sites excluding steroid dienone is 2. The third kappa shape index (κ3) is 6.03. The Morgan fingerprint density at radius 2 is 1.69 bits per heavy atom. The van der Waals surface area contributed by atoms with Crippen LogP contribution in [0.3, 0.4) is 0 Å². The molecule has 19 atom stereocenters. The Kier molecular flexibility index (Phi) is 11.0. The first-order valence-corrected chi connectivity index (χ1v) is 27.1. The maximum Gasteiger partial charge on any atom is 0.160 e. The summed E-state index contributed by atoms with van der Waals surface area (Å²) in [7, 11) is 0. The zero-order valence-electron chi connectivity index (χ0n) is 42.2. The number of phenolic OH excluding ortho intramolecular Hbond substituents is 2. The maximum absolute atomic E-state index is 15.9. The van der Waals surface area contributed by atoms with Crippen molar-refractivity contribution in [2.45, 2.75) is 152 Å². The van der Waals surface area contributed by atoms with Gasteiger partial charge >= 0.3 is 0 Å².